The van der Waals surface area contributed by atoms with E-state index in [0.717, 1.165) is 34.8 Å². The van der Waals surface area contributed by atoms with Crippen LogP contribution in [0.3, 0.4) is 0 Å². The van der Waals surface area contributed by atoms with Crippen LogP contribution < -0.4 is 10.6 Å². The molecule has 0 spiro atoms. The molecular formula is C21H30N2O13S. The van der Waals surface area contributed by atoms with Crippen LogP contribution in [0, 0.1) is 0 Å². The lowest BCUT2D eigenvalue weighted by Crippen LogP contribution is -2.67. The van der Waals surface area contributed by atoms with Gasteiger partial charge in [-0.05, 0) is 18.6 Å². The van der Waals surface area contributed by atoms with Crippen LogP contribution in [0.15, 0.2) is 0 Å². The Balaban J connectivity index is 3.26. The second kappa shape index (κ2) is 14.9. The maximum absolute atomic E-state index is 11.9. The minimum Gasteiger partial charge on any atom is -0.480 e. The maximum atomic E-state index is 11.9. The van der Waals surface area contributed by atoms with E-state index in [-0.39, 0.29) is 18.0 Å². The Morgan fingerprint density at radius 1 is 0.892 bits per heavy atom. The Hall–Kier alpha value is -3.53. The molecule has 1 saturated heterocycles. The van der Waals surface area contributed by atoms with E-state index in [2.05, 4.69) is 15.4 Å². The molecule has 37 heavy (non-hydrogen) atoms. The quantitative estimate of drug-likeness (QED) is 0.159. The van der Waals surface area contributed by atoms with Gasteiger partial charge in [-0.3, -0.25) is 24.0 Å². The number of nitrogens with one attached hydrogen (secondary N) is 2. The number of carbonyl (C=O) groups excluding carboxylic acids is 5. The highest BCUT2D eigenvalue weighted by Crippen LogP contribution is 2.28. The van der Waals surface area contributed by atoms with Crippen molar-refractivity contribution in [3.8, 4) is 0 Å². The summed E-state index contributed by atoms with van der Waals surface area (Å²) in [5.74, 6) is -5.08. The van der Waals surface area contributed by atoms with Crippen LogP contribution in [0.2, 0.25) is 0 Å². The molecule has 0 amide bonds. The third-order valence-corrected chi connectivity index (χ3v) is 4.97. The average Bonchev–Trinajstić information content (AvgIpc) is 2.77. The van der Waals surface area contributed by atoms with Gasteiger partial charge in [0.2, 0.25) is 0 Å². The monoisotopic (exact) mass is 550 g/mol. The van der Waals surface area contributed by atoms with Gasteiger partial charge in [0, 0.05) is 34.1 Å². The van der Waals surface area contributed by atoms with E-state index in [4.69, 9.17) is 35.9 Å². The second-order valence-corrected chi connectivity index (χ2v) is 8.15. The van der Waals surface area contributed by atoms with Crippen LogP contribution in [0.1, 0.15) is 40.5 Å². The number of aliphatic carboxylic acids is 1. The number of rotatable bonds is 11. The van der Waals surface area contributed by atoms with Gasteiger partial charge in [-0.15, -0.1) is 0 Å². The number of esters is 5. The number of methoxy groups -OCH3 is 1. The molecule has 1 rings (SSSR count). The van der Waals surface area contributed by atoms with E-state index in [1.165, 1.54) is 0 Å². The zero-order chi connectivity index (χ0) is 28.3. The molecule has 0 aromatic heterocycles. The smallest absolute Gasteiger partial charge is 0.326 e. The summed E-state index contributed by atoms with van der Waals surface area (Å²) < 4.78 is 31.1. The topological polar surface area (TPSA) is 202 Å². The number of thiocarbonyl (C=S) groups is 1. The van der Waals surface area contributed by atoms with Crippen molar-refractivity contribution in [2.45, 2.75) is 77.2 Å². The molecule has 208 valence electrons. The van der Waals surface area contributed by atoms with Crippen molar-refractivity contribution >= 4 is 53.1 Å². The fourth-order valence-electron chi connectivity index (χ4n) is 3.30. The number of carboxylic acid groups (broad SMARTS) is 1. The van der Waals surface area contributed by atoms with Crippen LogP contribution in [0.4, 0.5) is 0 Å². The van der Waals surface area contributed by atoms with Gasteiger partial charge in [-0.1, -0.05) is 0 Å². The van der Waals surface area contributed by atoms with E-state index in [9.17, 15) is 33.9 Å². The van der Waals surface area contributed by atoms with E-state index < -0.39 is 79.1 Å². The van der Waals surface area contributed by atoms with Crippen molar-refractivity contribution in [1.82, 2.24) is 10.6 Å². The summed E-state index contributed by atoms with van der Waals surface area (Å²) in [6, 6.07) is -1.32. The molecule has 16 heteroatoms. The van der Waals surface area contributed by atoms with Gasteiger partial charge in [0.1, 0.15) is 18.8 Å². The van der Waals surface area contributed by atoms with E-state index in [1.54, 1.807) is 0 Å². The molecule has 6 atom stereocenters. The fourth-order valence-corrected chi connectivity index (χ4v) is 3.55. The van der Waals surface area contributed by atoms with Crippen molar-refractivity contribution in [1.29, 1.82) is 0 Å². The van der Waals surface area contributed by atoms with Gasteiger partial charge in [0.15, 0.2) is 29.7 Å². The summed E-state index contributed by atoms with van der Waals surface area (Å²) in [5.41, 5.74) is 0. The van der Waals surface area contributed by atoms with Crippen LogP contribution in [-0.2, 0) is 57.2 Å². The van der Waals surface area contributed by atoms with Gasteiger partial charge in [-0.2, -0.15) is 0 Å². The Morgan fingerprint density at radius 3 is 1.92 bits per heavy atom. The third-order valence-electron chi connectivity index (χ3n) is 4.73. The van der Waals surface area contributed by atoms with Gasteiger partial charge in [0.25, 0.3) is 0 Å². The lowest BCUT2D eigenvalue weighted by Gasteiger charge is -2.44. The minimum atomic E-state index is -1.45. The lowest BCUT2D eigenvalue weighted by atomic mass is 9.97. The molecule has 0 saturated carbocycles. The molecular weight excluding hydrogens is 520 g/mol. The van der Waals surface area contributed by atoms with Crippen LogP contribution in [0.5, 0.6) is 0 Å². The lowest BCUT2D eigenvalue weighted by molar-refractivity contribution is -0.254. The van der Waals surface area contributed by atoms with E-state index >= 15 is 0 Å². The van der Waals surface area contributed by atoms with Crippen molar-refractivity contribution in [2.24, 2.45) is 0 Å². The number of hydrogen-bond acceptors (Lipinski definition) is 13. The largest absolute Gasteiger partial charge is 0.480 e. The summed E-state index contributed by atoms with van der Waals surface area (Å²) in [4.78, 5) is 69.8. The summed E-state index contributed by atoms with van der Waals surface area (Å²) >= 11 is 5.18. The summed E-state index contributed by atoms with van der Waals surface area (Å²) in [5, 5.41) is 14.3. The summed E-state index contributed by atoms with van der Waals surface area (Å²) in [6.07, 6.45) is -7.26. The molecule has 15 nitrogen and oxygen atoms in total. The first-order chi connectivity index (χ1) is 17.2. The second-order valence-electron chi connectivity index (χ2n) is 7.74. The van der Waals surface area contributed by atoms with Crippen molar-refractivity contribution in [2.75, 3.05) is 13.7 Å². The minimum absolute atomic E-state index is 0.178. The predicted molar refractivity (Wildman–Crippen MR) is 123 cm³/mol. The molecule has 0 bridgehead atoms. The van der Waals surface area contributed by atoms with Crippen molar-refractivity contribution in [3.05, 3.63) is 0 Å². The number of ether oxygens (including phenoxy) is 6. The molecule has 0 radical (unpaired) electrons. The zero-order valence-electron chi connectivity index (χ0n) is 20.8. The molecule has 1 heterocycles. The van der Waals surface area contributed by atoms with Gasteiger partial charge < -0.3 is 44.2 Å². The highest BCUT2D eigenvalue weighted by Gasteiger charge is 2.52. The molecule has 1 fully saturated rings. The van der Waals surface area contributed by atoms with E-state index in [1.807, 2.05) is 0 Å². The number of hydrogen-bond donors (Lipinski definition) is 3. The highest BCUT2D eigenvalue weighted by molar-refractivity contribution is 7.80. The first-order valence-corrected chi connectivity index (χ1v) is 11.3. The Labute approximate surface area is 217 Å². The molecule has 0 aromatic carbocycles. The van der Waals surface area contributed by atoms with Gasteiger partial charge in [-0.25, -0.2) is 4.79 Å². The normalized spacial score (nSPS) is 23.4. The fraction of sp³-hybridized carbons (Fsp3) is 0.667. The predicted octanol–water partition coefficient (Wildman–Crippen LogP) is -1.06. The zero-order valence-corrected chi connectivity index (χ0v) is 21.7. The summed E-state index contributed by atoms with van der Waals surface area (Å²) in [6.45, 7) is 3.90. The Morgan fingerprint density at radius 2 is 1.43 bits per heavy atom. The molecule has 3 N–H and O–H groups in total. The Kier molecular flexibility index (Phi) is 12.7. The Bertz CT molecular complexity index is 896. The number of carboxylic acids is 1. The molecule has 1 aliphatic heterocycles. The van der Waals surface area contributed by atoms with Crippen LogP contribution in [0.25, 0.3) is 0 Å². The SMILES string of the molecule is COC(=O)CC[C@H](NC(=S)N[C@@H]1O[C@H](COC(C)=O)[C@@H](OC(C)=O)[C@H](OC(C)=O)[C@H]1OC(C)=O)C(=O)O. The van der Waals surface area contributed by atoms with Crippen molar-refractivity contribution in [3.63, 3.8) is 0 Å². The first-order valence-electron chi connectivity index (χ1n) is 10.9. The molecule has 0 unspecified atom stereocenters. The summed E-state index contributed by atoms with van der Waals surface area (Å²) in [7, 11) is 1.15. The maximum Gasteiger partial charge on any atom is 0.326 e. The van der Waals surface area contributed by atoms with Crippen LogP contribution >= 0.6 is 12.2 Å². The average molecular weight is 551 g/mol. The van der Waals surface area contributed by atoms with Gasteiger partial charge in [0.05, 0.1) is 7.11 Å². The first kappa shape index (κ1) is 31.5. The highest BCUT2D eigenvalue weighted by atomic mass is 32.1. The van der Waals surface area contributed by atoms with E-state index in [0.29, 0.717) is 0 Å². The van der Waals surface area contributed by atoms with Crippen molar-refractivity contribution < 1.29 is 62.3 Å². The van der Waals surface area contributed by atoms with Gasteiger partial charge >= 0.3 is 35.8 Å². The molecule has 1 aliphatic rings. The standard InChI is InChI=1S/C21H30N2O13S/c1-9(24)32-8-14-16(33-10(2)25)17(34-11(3)26)18(35-12(4)27)19(36-14)23-21(37)22-13(20(29)30)6-7-15(28)31-5/h13-14,16-19H,6-8H2,1-5H3,(H,29,30)(H2,22,23,37)/t13-,14+,16+,17-,18+,19+/m0/s1. The molecule has 0 aromatic rings. The van der Waals surface area contributed by atoms with Crippen LogP contribution in [-0.4, -0.2) is 96.4 Å². The number of carbonyl (C=O) groups is 6. The molecule has 0 aliphatic carbocycles. The third kappa shape index (κ3) is 10.9.